The molecule has 0 N–H and O–H groups in total. The summed E-state index contributed by atoms with van der Waals surface area (Å²) in [6.07, 6.45) is 3.52. The van der Waals surface area contributed by atoms with Crippen molar-refractivity contribution in [1.29, 1.82) is 5.26 Å². The Bertz CT molecular complexity index is 144. The van der Waals surface area contributed by atoms with Gasteiger partial charge in [0.1, 0.15) is 0 Å². The first kappa shape index (κ1) is 7.56. The molecule has 1 aliphatic carbocycles. The predicted molar refractivity (Wildman–Crippen MR) is 40.5 cm³/mol. The fourth-order valence-electron chi connectivity index (χ4n) is 1.21. The maximum atomic E-state index is 8.68. The van der Waals surface area contributed by atoms with E-state index in [9.17, 15) is 0 Å². The molecule has 1 atom stereocenters. The van der Waals surface area contributed by atoms with Crippen LogP contribution >= 0.6 is 0 Å². The second-order valence-electron chi connectivity index (χ2n) is 2.95. The maximum absolute atomic E-state index is 8.68. The molecule has 56 valence electrons. The molecule has 2 heteroatoms. The largest absolute Gasteiger partial charge is 0.288 e. The van der Waals surface area contributed by atoms with Crippen LogP contribution in [-0.2, 0) is 0 Å². The molecule has 1 unspecified atom stereocenters. The van der Waals surface area contributed by atoms with Crippen LogP contribution in [-0.4, -0.2) is 24.0 Å². The van der Waals surface area contributed by atoms with Gasteiger partial charge in [0, 0.05) is 6.04 Å². The van der Waals surface area contributed by atoms with Crippen LogP contribution in [0.4, 0.5) is 0 Å². The highest BCUT2D eigenvalue weighted by molar-refractivity contribution is 4.95. The van der Waals surface area contributed by atoms with Crippen molar-refractivity contribution in [3.8, 4) is 6.07 Å². The highest BCUT2D eigenvalue weighted by Gasteiger charge is 2.29. The van der Waals surface area contributed by atoms with Crippen LogP contribution in [0.15, 0.2) is 0 Å². The molecule has 0 radical (unpaired) electrons. The fraction of sp³-hybridized carbons (Fsp3) is 0.875. The molecule has 0 aliphatic heterocycles. The topological polar surface area (TPSA) is 27.0 Å². The van der Waals surface area contributed by atoms with Crippen molar-refractivity contribution in [2.45, 2.75) is 38.3 Å². The molecular weight excluding hydrogens is 124 g/mol. The van der Waals surface area contributed by atoms with Crippen molar-refractivity contribution >= 4 is 0 Å². The van der Waals surface area contributed by atoms with E-state index in [1.165, 1.54) is 12.8 Å². The van der Waals surface area contributed by atoms with Crippen molar-refractivity contribution in [2.24, 2.45) is 0 Å². The first-order valence-corrected chi connectivity index (χ1v) is 3.91. The Hall–Kier alpha value is -0.550. The van der Waals surface area contributed by atoms with Gasteiger partial charge in [-0.25, -0.2) is 0 Å². The molecular formula is C8H14N2. The first-order chi connectivity index (χ1) is 4.79. The summed E-state index contributed by atoms with van der Waals surface area (Å²) in [6.45, 7) is 2.06. The Morgan fingerprint density at radius 2 is 2.30 bits per heavy atom. The quantitative estimate of drug-likeness (QED) is 0.589. The van der Waals surface area contributed by atoms with Gasteiger partial charge >= 0.3 is 0 Å². The molecule has 0 aromatic heterocycles. The van der Waals surface area contributed by atoms with Crippen LogP contribution in [0.2, 0.25) is 0 Å². The zero-order valence-corrected chi connectivity index (χ0v) is 6.67. The summed E-state index contributed by atoms with van der Waals surface area (Å²) < 4.78 is 0. The van der Waals surface area contributed by atoms with E-state index in [1.807, 2.05) is 0 Å². The van der Waals surface area contributed by atoms with Gasteiger partial charge in [-0.15, -0.1) is 0 Å². The lowest BCUT2D eigenvalue weighted by Gasteiger charge is -2.19. The van der Waals surface area contributed by atoms with Crippen molar-refractivity contribution in [2.75, 3.05) is 7.05 Å². The molecule has 0 aromatic rings. The Morgan fingerprint density at radius 1 is 1.70 bits per heavy atom. The van der Waals surface area contributed by atoms with E-state index in [4.69, 9.17) is 5.26 Å². The van der Waals surface area contributed by atoms with Crippen molar-refractivity contribution < 1.29 is 0 Å². The monoisotopic (exact) mass is 138 g/mol. The summed E-state index contributed by atoms with van der Waals surface area (Å²) in [7, 11) is 2.05. The van der Waals surface area contributed by atoms with Gasteiger partial charge in [0.15, 0.2) is 0 Å². The van der Waals surface area contributed by atoms with E-state index in [2.05, 4.69) is 24.9 Å². The van der Waals surface area contributed by atoms with E-state index < -0.39 is 0 Å². The van der Waals surface area contributed by atoms with E-state index in [-0.39, 0.29) is 6.04 Å². The lowest BCUT2D eigenvalue weighted by Crippen LogP contribution is -2.31. The van der Waals surface area contributed by atoms with E-state index in [0.717, 1.165) is 6.42 Å². The van der Waals surface area contributed by atoms with Crippen LogP contribution in [0.25, 0.3) is 0 Å². The molecule has 0 heterocycles. The third-order valence-corrected chi connectivity index (χ3v) is 2.15. The summed E-state index contributed by atoms with van der Waals surface area (Å²) in [5.74, 6) is 0. The lowest BCUT2D eigenvalue weighted by atomic mass is 10.2. The minimum Gasteiger partial charge on any atom is -0.288 e. The Kier molecular flexibility index (Phi) is 2.29. The van der Waals surface area contributed by atoms with Crippen LogP contribution < -0.4 is 0 Å². The molecule has 0 bridgehead atoms. The zero-order chi connectivity index (χ0) is 7.56. The number of hydrogen-bond donors (Lipinski definition) is 0. The van der Waals surface area contributed by atoms with Crippen LogP contribution in [0.5, 0.6) is 0 Å². The molecule has 1 saturated carbocycles. The van der Waals surface area contributed by atoms with Gasteiger partial charge in [0.05, 0.1) is 12.1 Å². The summed E-state index contributed by atoms with van der Waals surface area (Å²) in [5.41, 5.74) is 0. The minimum absolute atomic E-state index is 0.146. The van der Waals surface area contributed by atoms with Crippen molar-refractivity contribution in [1.82, 2.24) is 4.90 Å². The van der Waals surface area contributed by atoms with Gasteiger partial charge < -0.3 is 0 Å². The second kappa shape index (κ2) is 3.03. The van der Waals surface area contributed by atoms with Crippen molar-refractivity contribution in [3.05, 3.63) is 0 Å². The highest BCUT2D eigenvalue weighted by atomic mass is 15.2. The van der Waals surface area contributed by atoms with E-state index in [0.29, 0.717) is 6.04 Å². The van der Waals surface area contributed by atoms with Crippen LogP contribution in [0.3, 0.4) is 0 Å². The molecule has 1 rings (SSSR count). The maximum Gasteiger partial charge on any atom is 0.0975 e. The molecule has 1 fully saturated rings. The summed E-state index contributed by atoms with van der Waals surface area (Å²) >= 11 is 0. The molecule has 2 nitrogen and oxygen atoms in total. The summed E-state index contributed by atoms with van der Waals surface area (Å²) in [4.78, 5) is 2.19. The molecule has 0 amide bonds. The highest BCUT2D eigenvalue weighted by Crippen LogP contribution is 2.27. The van der Waals surface area contributed by atoms with Gasteiger partial charge in [-0.1, -0.05) is 6.92 Å². The Morgan fingerprint density at radius 3 is 2.60 bits per heavy atom. The average Bonchev–Trinajstić information content (AvgIpc) is 2.71. The standard InChI is InChI=1S/C8H14N2/c1-3-7(6-9)10(2)8-4-5-8/h7-8H,3-5H2,1-2H3. The first-order valence-electron chi connectivity index (χ1n) is 3.91. The zero-order valence-electron chi connectivity index (χ0n) is 6.67. The van der Waals surface area contributed by atoms with Gasteiger partial charge in [-0.05, 0) is 26.3 Å². The van der Waals surface area contributed by atoms with Gasteiger partial charge in [-0.3, -0.25) is 4.90 Å². The van der Waals surface area contributed by atoms with E-state index in [1.54, 1.807) is 0 Å². The third-order valence-electron chi connectivity index (χ3n) is 2.15. The number of nitrogens with zero attached hydrogens (tertiary/aromatic N) is 2. The number of hydrogen-bond acceptors (Lipinski definition) is 2. The van der Waals surface area contributed by atoms with E-state index >= 15 is 0 Å². The normalized spacial score (nSPS) is 20.6. The third kappa shape index (κ3) is 1.48. The SMILES string of the molecule is CCC(C#N)N(C)C1CC1. The smallest absolute Gasteiger partial charge is 0.0975 e. The van der Waals surface area contributed by atoms with Crippen molar-refractivity contribution in [3.63, 3.8) is 0 Å². The predicted octanol–water partition coefficient (Wildman–Crippen LogP) is 1.38. The lowest BCUT2D eigenvalue weighted by molar-refractivity contribution is 0.271. The number of nitriles is 1. The molecule has 0 aromatic carbocycles. The van der Waals surface area contributed by atoms with Crippen LogP contribution in [0, 0.1) is 11.3 Å². The Labute approximate surface area is 62.4 Å². The second-order valence-corrected chi connectivity index (χ2v) is 2.95. The average molecular weight is 138 g/mol. The van der Waals surface area contributed by atoms with Gasteiger partial charge in [0.2, 0.25) is 0 Å². The van der Waals surface area contributed by atoms with Gasteiger partial charge in [-0.2, -0.15) is 5.26 Å². The fourth-order valence-corrected chi connectivity index (χ4v) is 1.21. The van der Waals surface area contributed by atoms with Gasteiger partial charge in [0.25, 0.3) is 0 Å². The summed E-state index contributed by atoms with van der Waals surface area (Å²) in [5, 5.41) is 8.68. The molecule has 1 aliphatic rings. The summed E-state index contributed by atoms with van der Waals surface area (Å²) in [6, 6.07) is 3.16. The molecule has 0 spiro atoms. The Balaban J connectivity index is 2.37. The van der Waals surface area contributed by atoms with Crippen LogP contribution in [0.1, 0.15) is 26.2 Å². The minimum atomic E-state index is 0.146. The number of rotatable bonds is 3. The molecule has 0 saturated heterocycles. The molecule has 10 heavy (non-hydrogen) atoms.